The van der Waals surface area contributed by atoms with Gasteiger partial charge in [-0.1, -0.05) is 50.5 Å². The molecular weight excluding hydrogens is 290 g/mol. The molecule has 0 radical (unpaired) electrons. The average molecular weight is 317 g/mol. The van der Waals surface area contributed by atoms with Gasteiger partial charge in [0.2, 0.25) is 5.96 Å². The average Bonchev–Trinajstić information content (AvgIpc) is 2.92. The van der Waals surface area contributed by atoms with Crippen LogP contribution in [-0.4, -0.2) is 37.7 Å². The first kappa shape index (κ1) is 17.3. The first-order chi connectivity index (χ1) is 11.2. The van der Waals surface area contributed by atoms with Gasteiger partial charge in [-0.25, -0.2) is 4.79 Å². The number of aryl methyl sites for hydroxylation is 1. The molecule has 126 valence electrons. The fraction of sp³-hybridized carbons (Fsp3) is 0.556. The molecular formula is C18H27N3O2. The highest BCUT2D eigenvalue weighted by molar-refractivity contribution is 5.94. The van der Waals surface area contributed by atoms with Crippen LogP contribution in [0, 0.1) is 0 Å². The van der Waals surface area contributed by atoms with E-state index < -0.39 is 6.09 Å². The highest BCUT2D eigenvalue weighted by atomic mass is 16.5. The van der Waals surface area contributed by atoms with E-state index in [9.17, 15) is 4.79 Å². The van der Waals surface area contributed by atoms with Gasteiger partial charge in [-0.15, -0.1) is 0 Å². The summed E-state index contributed by atoms with van der Waals surface area (Å²) in [7, 11) is 3.31. The molecule has 0 bridgehead atoms. The van der Waals surface area contributed by atoms with Gasteiger partial charge in [0.1, 0.15) is 0 Å². The second kappa shape index (κ2) is 8.56. The summed E-state index contributed by atoms with van der Waals surface area (Å²) in [6.07, 6.45) is 5.65. The second-order valence-electron chi connectivity index (χ2n) is 5.92. The molecule has 0 saturated carbocycles. The van der Waals surface area contributed by atoms with E-state index in [0.717, 1.165) is 6.42 Å². The summed E-state index contributed by atoms with van der Waals surface area (Å²) in [5.74, 6) is 0.572. The van der Waals surface area contributed by atoms with Crippen molar-refractivity contribution in [2.45, 2.75) is 45.1 Å². The number of unbranched alkanes of at least 4 members (excludes halogenated alkanes) is 3. The van der Waals surface area contributed by atoms with Crippen molar-refractivity contribution in [1.82, 2.24) is 10.2 Å². The van der Waals surface area contributed by atoms with Gasteiger partial charge in [-0.05, 0) is 24.0 Å². The molecule has 0 aliphatic carbocycles. The number of methoxy groups -OCH3 is 1. The minimum Gasteiger partial charge on any atom is -0.453 e. The van der Waals surface area contributed by atoms with E-state index in [1.807, 2.05) is 11.9 Å². The Hall–Kier alpha value is -2.04. The van der Waals surface area contributed by atoms with Crippen molar-refractivity contribution in [2.75, 3.05) is 20.7 Å². The lowest BCUT2D eigenvalue weighted by Crippen LogP contribution is -2.40. The Bertz CT molecular complexity index is 557. The monoisotopic (exact) mass is 317 g/mol. The molecule has 5 nitrogen and oxygen atoms in total. The van der Waals surface area contributed by atoms with Crippen LogP contribution in [0.15, 0.2) is 29.3 Å². The molecule has 1 atom stereocenters. The number of nitrogens with zero attached hydrogens (tertiary/aromatic N) is 2. The number of guanidine groups is 1. The Labute approximate surface area is 138 Å². The summed E-state index contributed by atoms with van der Waals surface area (Å²) >= 11 is 0. The minimum atomic E-state index is -0.482. The van der Waals surface area contributed by atoms with E-state index in [4.69, 9.17) is 0 Å². The van der Waals surface area contributed by atoms with Gasteiger partial charge in [-0.2, -0.15) is 0 Å². The number of likely N-dealkylation sites (N-methyl/N-ethyl adjacent to an activating group) is 1. The number of carbonyl (C=O) groups is 1. The zero-order chi connectivity index (χ0) is 16.7. The van der Waals surface area contributed by atoms with E-state index in [1.165, 1.54) is 43.9 Å². The highest BCUT2D eigenvalue weighted by Crippen LogP contribution is 2.28. The van der Waals surface area contributed by atoms with Crippen molar-refractivity contribution in [2.24, 2.45) is 4.99 Å². The van der Waals surface area contributed by atoms with Crippen molar-refractivity contribution in [3.05, 3.63) is 35.4 Å². The molecule has 5 heteroatoms. The molecule has 1 N–H and O–H groups in total. The molecule has 0 spiro atoms. The fourth-order valence-electron chi connectivity index (χ4n) is 2.96. The van der Waals surface area contributed by atoms with E-state index in [2.05, 4.69) is 46.2 Å². The first-order valence-corrected chi connectivity index (χ1v) is 8.37. The van der Waals surface area contributed by atoms with Crippen LogP contribution in [-0.2, 0) is 11.2 Å². The number of benzene rings is 1. The topological polar surface area (TPSA) is 53.9 Å². The first-order valence-electron chi connectivity index (χ1n) is 8.37. The Kier molecular flexibility index (Phi) is 6.44. The molecule has 1 heterocycles. The molecule has 1 amide bonds. The van der Waals surface area contributed by atoms with Crippen LogP contribution in [0.1, 0.15) is 49.8 Å². The number of carbonyl (C=O) groups excluding carboxylic acids is 1. The summed E-state index contributed by atoms with van der Waals surface area (Å²) in [6, 6.07) is 8.73. The van der Waals surface area contributed by atoms with Gasteiger partial charge in [0.15, 0.2) is 0 Å². The van der Waals surface area contributed by atoms with Gasteiger partial charge >= 0.3 is 6.09 Å². The van der Waals surface area contributed by atoms with Crippen molar-refractivity contribution >= 4 is 12.1 Å². The summed E-state index contributed by atoms with van der Waals surface area (Å²) in [4.78, 5) is 17.8. The van der Waals surface area contributed by atoms with Crippen LogP contribution in [0.5, 0.6) is 0 Å². The van der Waals surface area contributed by atoms with Gasteiger partial charge in [-0.3, -0.25) is 10.3 Å². The maximum Gasteiger partial charge on any atom is 0.413 e. The lowest BCUT2D eigenvalue weighted by molar-refractivity contribution is 0.175. The summed E-state index contributed by atoms with van der Waals surface area (Å²) in [5, 5.41) is 2.67. The molecule has 2 rings (SSSR count). The van der Waals surface area contributed by atoms with E-state index in [0.29, 0.717) is 12.5 Å². The maximum atomic E-state index is 11.4. The molecule has 1 aromatic carbocycles. The second-order valence-corrected chi connectivity index (χ2v) is 5.92. The third-order valence-corrected chi connectivity index (χ3v) is 4.33. The number of ether oxygens (including phenoxy) is 1. The number of alkyl carbamates (subject to hydrolysis) is 1. The van der Waals surface area contributed by atoms with Crippen LogP contribution in [0.25, 0.3) is 0 Å². The van der Waals surface area contributed by atoms with Gasteiger partial charge in [0.25, 0.3) is 0 Å². The molecule has 1 unspecified atom stereocenters. The fourth-order valence-corrected chi connectivity index (χ4v) is 2.96. The number of hydrogen-bond donors (Lipinski definition) is 1. The standard InChI is InChI=1S/C18H27N3O2/c1-4-5-6-7-10-14-11-8-9-12-15(14)16-13-19-17(21(16)2)20-18(22)23-3/h8-9,11-12,16H,4-7,10,13H2,1-3H3,(H,19,20,22). The third kappa shape index (κ3) is 4.47. The van der Waals surface area contributed by atoms with E-state index in [-0.39, 0.29) is 6.04 Å². The maximum absolute atomic E-state index is 11.4. The summed E-state index contributed by atoms with van der Waals surface area (Å²) in [5.41, 5.74) is 2.69. The number of amides is 1. The van der Waals surface area contributed by atoms with Crippen LogP contribution in [0.4, 0.5) is 4.79 Å². The largest absolute Gasteiger partial charge is 0.453 e. The zero-order valence-corrected chi connectivity index (χ0v) is 14.3. The van der Waals surface area contributed by atoms with Crippen molar-refractivity contribution < 1.29 is 9.53 Å². The Morgan fingerprint density at radius 3 is 2.87 bits per heavy atom. The normalized spacial score (nSPS) is 17.1. The lowest BCUT2D eigenvalue weighted by Gasteiger charge is -2.25. The molecule has 0 aromatic heterocycles. The summed E-state index contributed by atoms with van der Waals surface area (Å²) in [6.45, 7) is 2.89. The highest BCUT2D eigenvalue weighted by Gasteiger charge is 2.28. The van der Waals surface area contributed by atoms with E-state index >= 15 is 0 Å². The van der Waals surface area contributed by atoms with Gasteiger partial charge < -0.3 is 9.64 Å². The SMILES string of the molecule is CCCCCCc1ccccc1C1CN=C(NC(=O)OC)N1C. The Morgan fingerprint density at radius 1 is 1.35 bits per heavy atom. The molecule has 1 aliphatic rings. The Balaban J connectivity index is 2.03. The quantitative estimate of drug-likeness (QED) is 0.817. The predicted octanol–water partition coefficient (Wildman–Crippen LogP) is 3.51. The number of aliphatic imine (C=N–C) groups is 1. The number of hydrogen-bond acceptors (Lipinski definition) is 4. The van der Waals surface area contributed by atoms with E-state index in [1.54, 1.807) is 0 Å². The molecule has 1 aromatic rings. The smallest absolute Gasteiger partial charge is 0.413 e. The zero-order valence-electron chi connectivity index (χ0n) is 14.3. The van der Waals surface area contributed by atoms with Crippen molar-refractivity contribution in [1.29, 1.82) is 0 Å². The predicted molar refractivity (Wildman–Crippen MR) is 92.6 cm³/mol. The lowest BCUT2D eigenvalue weighted by atomic mass is 9.95. The van der Waals surface area contributed by atoms with Crippen LogP contribution >= 0.6 is 0 Å². The number of rotatable bonds is 6. The van der Waals surface area contributed by atoms with Crippen molar-refractivity contribution in [3.8, 4) is 0 Å². The number of nitrogens with one attached hydrogen (secondary N) is 1. The van der Waals surface area contributed by atoms with Gasteiger partial charge in [0, 0.05) is 7.05 Å². The van der Waals surface area contributed by atoms with Gasteiger partial charge in [0.05, 0.1) is 19.7 Å². The van der Waals surface area contributed by atoms with Crippen molar-refractivity contribution in [3.63, 3.8) is 0 Å². The summed E-state index contributed by atoms with van der Waals surface area (Å²) < 4.78 is 4.64. The van der Waals surface area contributed by atoms with Crippen LogP contribution < -0.4 is 5.32 Å². The van der Waals surface area contributed by atoms with Crippen LogP contribution in [0.2, 0.25) is 0 Å². The third-order valence-electron chi connectivity index (χ3n) is 4.33. The molecule has 0 saturated heterocycles. The minimum absolute atomic E-state index is 0.171. The molecule has 1 aliphatic heterocycles. The Morgan fingerprint density at radius 2 is 2.13 bits per heavy atom. The molecule has 23 heavy (non-hydrogen) atoms. The van der Waals surface area contributed by atoms with Crippen LogP contribution in [0.3, 0.4) is 0 Å². The molecule has 0 fully saturated rings.